The lowest BCUT2D eigenvalue weighted by atomic mass is 9.91. The zero-order valence-electron chi connectivity index (χ0n) is 13.0. The molecular weight excluding hydrogens is 318 g/mol. The van der Waals surface area contributed by atoms with Gasteiger partial charge in [0.05, 0.1) is 17.4 Å². The lowest BCUT2D eigenvalue weighted by molar-refractivity contribution is -0.128. The first-order valence-electron chi connectivity index (χ1n) is 8.23. The van der Waals surface area contributed by atoms with Gasteiger partial charge < -0.3 is 14.8 Å². The highest BCUT2D eigenvalue weighted by Crippen LogP contribution is 2.23. The Morgan fingerprint density at radius 2 is 1.78 bits per heavy atom. The summed E-state index contributed by atoms with van der Waals surface area (Å²) in [6, 6.07) is 0.612. The van der Waals surface area contributed by atoms with Crippen molar-refractivity contribution in [3.63, 3.8) is 0 Å². The van der Waals surface area contributed by atoms with Gasteiger partial charge >= 0.3 is 6.01 Å². The third-order valence-corrected chi connectivity index (χ3v) is 4.68. The molecule has 1 aromatic heterocycles. The predicted octanol–water partition coefficient (Wildman–Crippen LogP) is 2.36. The Hall–Kier alpha value is -1.40. The number of carbonyl (C=O) groups excluding carboxylic acids is 1. The van der Waals surface area contributed by atoms with Crippen LogP contribution < -0.4 is 10.1 Å². The Morgan fingerprint density at radius 1 is 1.13 bits per heavy atom. The van der Waals surface area contributed by atoms with Crippen molar-refractivity contribution in [2.24, 2.45) is 5.92 Å². The Kier molecular flexibility index (Phi) is 5.67. The summed E-state index contributed by atoms with van der Waals surface area (Å²) in [4.78, 5) is 20.3. The maximum atomic E-state index is 12.2. The molecule has 3 rings (SSSR count). The van der Waals surface area contributed by atoms with Gasteiger partial charge in [-0.15, -0.1) is 0 Å². The Balaban J connectivity index is 1.41. The number of aromatic nitrogens is 2. The van der Waals surface area contributed by atoms with Crippen LogP contribution in [0.25, 0.3) is 0 Å². The Labute approximate surface area is 140 Å². The molecule has 1 aliphatic carbocycles. The summed E-state index contributed by atoms with van der Waals surface area (Å²) in [6.45, 7) is 1.39. The molecule has 126 valence electrons. The molecular formula is C16H22ClN3O3. The molecule has 1 N–H and O–H groups in total. The first-order chi connectivity index (χ1) is 11.2. The van der Waals surface area contributed by atoms with Gasteiger partial charge in [0.1, 0.15) is 6.10 Å². The standard InChI is InChI=1S/C16H22ClN3O3/c17-12-9-18-16(19-10-12)23-14-3-1-13(2-4-14)20-15(21)11-5-7-22-8-6-11/h9-11,13-14H,1-8H2,(H,20,21). The van der Waals surface area contributed by atoms with Crippen LogP contribution in [0.4, 0.5) is 0 Å². The number of hydrogen-bond acceptors (Lipinski definition) is 5. The van der Waals surface area contributed by atoms with Gasteiger partial charge in [0.2, 0.25) is 5.91 Å². The average Bonchev–Trinajstić information content (AvgIpc) is 2.59. The van der Waals surface area contributed by atoms with Crippen LogP contribution in [0.15, 0.2) is 12.4 Å². The van der Waals surface area contributed by atoms with E-state index in [9.17, 15) is 4.79 Å². The van der Waals surface area contributed by atoms with E-state index in [0.29, 0.717) is 24.2 Å². The van der Waals surface area contributed by atoms with Crippen molar-refractivity contribution in [2.75, 3.05) is 13.2 Å². The van der Waals surface area contributed by atoms with E-state index in [0.717, 1.165) is 38.5 Å². The van der Waals surface area contributed by atoms with Gasteiger partial charge in [-0.25, -0.2) is 9.97 Å². The Bertz CT molecular complexity index is 512. The van der Waals surface area contributed by atoms with Crippen LogP contribution in [-0.4, -0.2) is 41.2 Å². The zero-order chi connectivity index (χ0) is 16.1. The highest BCUT2D eigenvalue weighted by atomic mass is 35.5. The highest BCUT2D eigenvalue weighted by Gasteiger charge is 2.27. The lowest BCUT2D eigenvalue weighted by Gasteiger charge is -2.30. The molecule has 2 aliphatic rings. The Morgan fingerprint density at radius 3 is 2.43 bits per heavy atom. The van der Waals surface area contributed by atoms with Crippen molar-refractivity contribution in [3.8, 4) is 6.01 Å². The monoisotopic (exact) mass is 339 g/mol. The summed E-state index contributed by atoms with van der Waals surface area (Å²) in [6.07, 6.45) is 8.46. The molecule has 7 heteroatoms. The van der Waals surface area contributed by atoms with E-state index >= 15 is 0 Å². The molecule has 0 bridgehead atoms. The minimum Gasteiger partial charge on any atom is -0.460 e. The number of halogens is 1. The number of rotatable bonds is 4. The summed E-state index contributed by atoms with van der Waals surface area (Å²) in [5, 5.41) is 3.68. The van der Waals surface area contributed by atoms with E-state index in [1.165, 1.54) is 12.4 Å². The number of hydrogen-bond donors (Lipinski definition) is 1. The quantitative estimate of drug-likeness (QED) is 0.911. The SMILES string of the molecule is O=C(NC1CCC(Oc2ncc(Cl)cn2)CC1)C1CCOCC1. The van der Waals surface area contributed by atoms with E-state index in [2.05, 4.69) is 15.3 Å². The molecule has 0 atom stereocenters. The minimum atomic E-state index is 0.104. The summed E-state index contributed by atoms with van der Waals surface area (Å²) < 4.78 is 11.1. The second-order valence-corrected chi connectivity index (χ2v) is 6.61. The molecule has 0 aromatic carbocycles. The van der Waals surface area contributed by atoms with Gasteiger partial charge in [-0.1, -0.05) is 11.6 Å². The van der Waals surface area contributed by atoms with E-state index in [1.807, 2.05) is 0 Å². The summed E-state index contributed by atoms with van der Waals surface area (Å²) in [5.74, 6) is 0.291. The fourth-order valence-electron chi connectivity index (χ4n) is 3.11. The van der Waals surface area contributed by atoms with Gasteiger partial charge in [-0.2, -0.15) is 0 Å². The molecule has 1 aromatic rings. The largest absolute Gasteiger partial charge is 0.460 e. The average molecular weight is 340 g/mol. The molecule has 0 spiro atoms. The van der Waals surface area contributed by atoms with E-state index in [1.54, 1.807) is 0 Å². The number of nitrogens with zero attached hydrogens (tertiary/aromatic N) is 2. The molecule has 23 heavy (non-hydrogen) atoms. The van der Waals surface area contributed by atoms with Gasteiger partial charge in [-0.3, -0.25) is 4.79 Å². The first-order valence-corrected chi connectivity index (χ1v) is 8.61. The van der Waals surface area contributed by atoms with Gasteiger partial charge in [0.25, 0.3) is 0 Å². The van der Waals surface area contributed by atoms with Crippen molar-refractivity contribution in [3.05, 3.63) is 17.4 Å². The van der Waals surface area contributed by atoms with Crippen molar-refractivity contribution in [2.45, 2.75) is 50.7 Å². The highest BCUT2D eigenvalue weighted by molar-refractivity contribution is 6.30. The maximum Gasteiger partial charge on any atom is 0.316 e. The van der Waals surface area contributed by atoms with Gasteiger partial charge in [-0.05, 0) is 38.5 Å². The smallest absolute Gasteiger partial charge is 0.316 e. The fourth-order valence-corrected chi connectivity index (χ4v) is 3.21. The molecule has 1 amide bonds. The maximum absolute atomic E-state index is 12.2. The topological polar surface area (TPSA) is 73.3 Å². The normalized spacial score (nSPS) is 25.8. The van der Waals surface area contributed by atoms with Crippen LogP contribution in [0.1, 0.15) is 38.5 Å². The molecule has 0 unspecified atom stereocenters. The second kappa shape index (κ2) is 7.93. The minimum absolute atomic E-state index is 0.104. The lowest BCUT2D eigenvalue weighted by Crippen LogP contribution is -2.43. The first kappa shape index (κ1) is 16.5. The van der Waals surface area contributed by atoms with Crippen molar-refractivity contribution in [1.29, 1.82) is 0 Å². The fraction of sp³-hybridized carbons (Fsp3) is 0.688. The van der Waals surface area contributed by atoms with Crippen LogP contribution in [0.5, 0.6) is 6.01 Å². The molecule has 1 aliphatic heterocycles. The van der Waals surface area contributed by atoms with E-state index in [-0.39, 0.29) is 24.0 Å². The van der Waals surface area contributed by atoms with Gasteiger partial charge in [0.15, 0.2) is 0 Å². The van der Waals surface area contributed by atoms with Crippen LogP contribution in [0.2, 0.25) is 5.02 Å². The predicted molar refractivity (Wildman–Crippen MR) is 85.4 cm³/mol. The second-order valence-electron chi connectivity index (χ2n) is 6.17. The van der Waals surface area contributed by atoms with E-state index in [4.69, 9.17) is 21.1 Å². The van der Waals surface area contributed by atoms with Crippen LogP contribution in [-0.2, 0) is 9.53 Å². The summed E-state index contributed by atoms with van der Waals surface area (Å²) >= 11 is 5.76. The third kappa shape index (κ3) is 4.78. The van der Waals surface area contributed by atoms with Gasteiger partial charge in [0, 0.05) is 25.2 Å². The van der Waals surface area contributed by atoms with Crippen LogP contribution >= 0.6 is 11.6 Å². The van der Waals surface area contributed by atoms with Crippen LogP contribution in [0.3, 0.4) is 0 Å². The number of nitrogens with one attached hydrogen (secondary N) is 1. The van der Waals surface area contributed by atoms with Crippen molar-refractivity contribution >= 4 is 17.5 Å². The van der Waals surface area contributed by atoms with Crippen molar-refractivity contribution < 1.29 is 14.3 Å². The molecule has 1 saturated carbocycles. The molecule has 2 fully saturated rings. The zero-order valence-corrected chi connectivity index (χ0v) is 13.8. The molecule has 6 nitrogen and oxygen atoms in total. The number of amides is 1. The molecule has 1 saturated heterocycles. The van der Waals surface area contributed by atoms with Crippen LogP contribution in [0, 0.1) is 5.92 Å². The third-order valence-electron chi connectivity index (χ3n) is 4.48. The van der Waals surface area contributed by atoms with E-state index < -0.39 is 0 Å². The molecule has 0 radical (unpaired) electrons. The van der Waals surface area contributed by atoms with Crippen molar-refractivity contribution in [1.82, 2.24) is 15.3 Å². The number of carbonyl (C=O) groups is 1. The number of ether oxygens (including phenoxy) is 2. The molecule has 2 heterocycles. The summed E-state index contributed by atoms with van der Waals surface area (Å²) in [7, 11) is 0. The summed E-state index contributed by atoms with van der Waals surface area (Å²) in [5.41, 5.74) is 0.